The van der Waals surface area contributed by atoms with Crippen LogP contribution >= 0.6 is 23.1 Å². The van der Waals surface area contributed by atoms with E-state index in [-0.39, 0.29) is 11.4 Å². The third-order valence-corrected chi connectivity index (χ3v) is 7.82. The number of ether oxygens (including phenoxy) is 1. The van der Waals surface area contributed by atoms with Crippen molar-refractivity contribution in [2.45, 2.75) is 43.5 Å². The number of nitrogens with zero attached hydrogens (tertiary/aromatic N) is 2. The molecule has 0 atom stereocenters. The third kappa shape index (κ3) is 4.07. The second-order valence-corrected chi connectivity index (χ2v) is 9.80. The van der Waals surface area contributed by atoms with Gasteiger partial charge in [0.25, 0.3) is 5.56 Å². The van der Waals surface area contributed by atoms with Crippen LogP contribution in [0.5, 0.6) is 5.75 Å². The summed E-state index contributed by atoms with van der Waals surface area (Å²) < 4.78 is 20.9. The van der Waals surface area contributed by atoms with Gasteiger partial charge in [-0.05, 0) is 80.1 Å². The van der Waals surface area contributed by atoms with Gasteiger partial charge in [-0.1, -0.05) is 23.9 Å². The van der Waals surface area contributed by atoms with Crippen LogP contribution in [0.4, 0.5) is 4.39 Å². The first-order valence-corrected chi connectivity index (χ1v) is 12.6. The molecule has 0 spiro atoms. The summed E-state index contributed by atoms with van der Waals surface area (Å²) in [6, 6.07) is 14.1. The number of halogens is 1. The molecule has 4 aromatic rings. The summed E-state index contributed by atoms with van der Waals surface area (Å²) in [5, 5.41) is 1.38. The first-order valence-electron chi connectivity index (χ1n) is 10.8. The molecule has 0 bridgehead atoms. The summed E-state index contributed by atoms with van der Waals surface area (Å²) in [5.74, 6) is 1.03. The average molecular weight is 467 g/mol. The third-order valence-electron chi connectivity index (χ3n) is 5.62. The van der Waals surface area contributed by atoms with Crippen molar-refractivity contribution in [2.75, 3.05) is 6.61 Å². The molecule has 0 N–H and O–H groups in total. The first-order chi connectivity index (χ1) is 15.6. The highest BCUT2D eigenvalue weighted by atomic mass is 32.2. The Bertz CT molecular complexity index is 1330. The molecule has 0 saturated carbocycles. The lowest BCUT2D eigenvalue weighted by Gasteiger charge is -2.14. The maximum Gasteiger partial charge on any atom is 0.267 e. The zero-order valence-corrected chi connectivity index (χ0v) is 19.4. The molecule has 0 saturated heterocycles. The monoisotopic (exact) mass is 466 g/mol. The normalized spacial score (nSPS) is 13.3. The number of hydrogen-bond donors (Lipinski definition) is 0. The maximum atomic E-state index is 13.8. The minimum Gasteiger partial charge on any atom is -0.494 e. The lowest BCUT2D eigenvalue weighted by Crippen LogP contribution is -2.22. The van der Waals surface area contributed by atoms with Gasteiger partial charge >= 0.3 is 0 Å². The number of hydrogen-bond acceptors (Lipinski definition) is 5. The molecular weight excluding hydrogens is 443 g/mol. The molecule has 1 aliphatic carbocycles. The highest BCUT2D eigenvalue weighted by Crippen LogP contribution is 2.35. The largest absolute Gasteiger partial charge is 0.494 e. The van der Waals surface area contributed by atoms with Gasteiger partial charge in [-0.2, -0.15) is 0 Å². The summed E-state index contributed by atoms with van der Waals surface area (Å²) in [4.78, 5) is 20.8. The number of aryl methyl sites for hydroxylation is 2. The van der Waals surface area contributed by atoms with Crippen LogP contribution in [0.25, 0.3) is 15.9 Å². The average Bonchev–Trinajstić information content (AvgIpc) is 3.17. The molecule has 1 aliphatic rings. The molecule has 0 unspecified atom stereocenters. The molecule has 0 radical (unpaired) electrons. The molecule has 0 amide bonds. The smallest absolute Gasteiger partial charge is 0.267 e. The highest BCUT2D eigenvalue weighted by molar-refractivity contribution is 7.98. The van der Waals surface area contributed by atoms with Crippen molar-refractivity contribution in [1.29, 1.82) is 0 Å². The van der Waals surface area contributed by atoms with Crippen LogP contribution in [-0.2, 0) is 18.6 Å². The van der Waals surface area contributed by atoms with Crippen LogP contribution in [0, 0.1) is 5.82 Å². The van der Waals surface area contributed by atoms with Crippen molar-refractivity contribution in [3.63, 3.8) is 0 Å². The summed E-state index contributed by atoms with van der Waals surface area (Å²) in [6.45, 7) is 2.53. The van der Waals surface area contributed by atoms with Gasteiger partial charge in [0.2, 0.25) is 0 Å². The Balaban J connectivity index is 1.63. The Morgan fingerprint density at radius 3 is 2.75 bits per heavy atom. The lowest BCUT2D eigenvalue weighted by molar-refractivity contribution is 0.340. The molecule has 0 fully saturated rings. The van der Waals surface area contributed by atoms with Crippen molar-refractivity contribution < 1.29 is 9.13 Å². The van der Waals surface area contributed by atoms with E-state index >= 15 is 0 Å². The van der Waals surface area contributed by atoms with E-state index in [0.29, 0.717) is 17.5 Å². The fourth-order valence-electron chi connectivity index (χ4n) is 4.14. The summed E-state index contributed by atoms with van der Waals surface area (Å²) in [7, 11) is 0. The van der Waals surface area contributed by atoms with E-state index in [0.717, 1.165) is 52.9 Å². The van der Waals surface area contributed by atoms with Crippen LogP contribution in [0.15, 0.2) is 58.5 Å². The van der Waals surface area contributed by atoms with E-state index in [2.05, 4.69) is 0 Å². The topological polar surface area (TPSA) is 44.1 Å². The van der Waals surface area contributed by atoms with E-state index in [1.165, 1.54) is 34.3 Å². The van der Waals surface area contributed by atoms with Crippen molar-refractivity contribution in [3.8, 4) is 11.4 Å². The number of aromatic nitrogens is 2. The number of rotatable bonds is 6. The zero-order chi connectivity index (χ0) is 22.1. The summed E-state index contributed by atoms with van der Waals surface area (Å²) in [6.07, 6.45) is 4.22. The predicted octanol–water partition coefficient (Wildman–Crippen LogP) is 6.16. The Morgan fingerprint density at radius 1 is 1.16 bits per heavy atom. The molecular formula is C25H23FN2O2S2. The SMILES string of the molecule is CCOc1ccc(-n2c(SCc3cccc(F)c3)nc3sc4c(c3c2=O)CCCC4)cc1. The van der Waals surface area contributed by atoms with Crippen molar-refractivity contribution >= 4 is 33.3 Å². The van der Waals surface area contributed by atoms with Crippen LogP contribution in [-0.4, -0.2) is 16.2 Å². The molecule has 5 rings (SSSR count). The van der Waals surface area contributed by atoms with Gasteiger partial charge in [-0.3, -0.25) is 9.36 Å². The summed E-state index contributed by atoms with van der Waals surface area (Å²) >= 11 is 3.10. The van der Waals surface area contributed by atoms with Crippen LogP contribution < -0.4 is 10.3 Å². The second kappa shape index (κ2) is 9.08. The minimum absolute atomic E-state index is 0.0275. The molecule has 2 aromatic heterocycles. The molecule has 7 heteroatoms. The zero-order valence-electron chi connectivity index (χ0n) is 17.8. The Hall–Kier alpha value is -2.64. The molecule has 2 heterocycles. The van der Waals surface area contributed by atoms with E-state index < -0.39 is 0 Å². The van der Waals surface area contributed by atoms with Gasteiger partial charge in [-0.15, -0.1) is 11.3 Å². The maximum absolute atomic E-state index is 13.8. The standard InChI is InChI=1S/C25H23FN2O2S2/c1-2-30-19-12-10-18(11-13-19)28-24(29)22-20-8-3-4-9-21(20)32-23(22)27-25(28)31-15-16-6-5-7-17(26)14-16/h5-7,10-14H,2-4,8-9,15H2,1H3. The van der Waals surface area contributed by atoms with Crippen LogP contribution in [0.2, 0.25) is 0 Å². The Morgan fingerprint density at radius 2 is 1.97 bits per heavy atom. The molecule has 4 nitrogen and oxygen atoms in total. The molecule has 32 heavy (non-hydrogen) atoms. The molecule has 164 valence electrons. The number of fused-ring (bicyclic) bond motifs is 3. The van der Waals surface area contributed by atoms with Gasteiger partial charge in [0.05, 0.1) is 17.7 Å². The fraction of sp³-hybridized carbons (Fsp3) is 0.280. The van der Waals surface area contributed by atoms with E-state index in [1.807, 2.05) is 37.3 Å². The number of thiophene rings is 1. The summed E-state index contributed by atoms with van der Waals surface area (Å²) in [5.41, 5.74) is 2.76. The van der Waals surface area contributed by atoms with E-state index in [4.69, 9.17) is 9.72 Å². The Kier molecular flexibility index (Phi) is 6.02. The van der Waals surface area contributed by atoms with Gasteiger partial charge in [0, 0.05) is 10.6 Å². The van der Waals surface area contributed by atoms with Crippen LogP contribution in [0.3, 0.4) is 0 Å². The second-order valence-electron chi connectivity index (χ2n) is 7.77. The minimum atomic E-state index is -0.263. The van der Waals surface area contributed by atoms with Crippen molar-refractivity contribution in [1.82, 2.24) is 9.55 Å². The molecule has 0 aliphatic heterocycles. The van der Waals surface area contributed by atoms with Crippen molar-refractivity contribution in [3.05, 3.63) is 80.7 Å². The van der Waals surface area contributed by atoms with Gasteiger partial charge < -0.3 is 4.74 Å². The van der Waals surface area contributed by atoms with Crippen molar-refractivity contribution in [2.24, 2.45) is 0 Å². The van der Waals surface area contributed by atoms with E-state index in [1.54, 1.807) is 22.0 Å². The van der Waals surface area contributed by atoms with Gasteiger partial charge in [0.1, 0.15) is 16.4 Å². The van der Waals surface area contributed by atoms with Gasteiger partial charge in [-0.25, -0.2) is 9.37 Å². The predicted molar refractivity (Wildman–Crippen MR) is 129 cm³/mol. The Labute approximate surface area is 194 Å². The van der Waals surface area contributed by atoms with Crippen LogP contribution in [0.1, 0.15) is 35.8 Å². The lowest BCUT2D eigenvalue weighted by atomic mass is 9.97. The quantitative estimate of drug-likeness (QED) is 0.252. The highest BCUT2D eigenvalue weighted by Gasteiger charge is 2.23. The molecule has 2 aromatic carbocycles. The van der Waals surface area contributed by atoms with Gasteiger partial charge in [0.15, 0.2) is 5.16 Å². The first kappa shape index (κ1) is 21.2. The van der Waals surface area contributed by atoms with E-state index in [9.17, 15) is 9.18 Å². The number of thioether (sulfide) groups is 1. The fourth-order valence-corrected chi connectivity index (χ4v) is 6.40. The number of benzene rings is 2.